The van der Waals surface area contributed by atoms with Gasteiger partial charge in [0.1, 0.15) is 11.5 Å². The maximum atomic E-state index is 12.4. The van der Waals surface area contributed by atoms with Gasteiger partial charge in [-0.3, -0.25) is 9.69 Å². The number of carbonyl (C=O) groups is 2. The van der Waals surface area contributed by atoms with E-state index in [1.807, 2.05) is 0 Å². The number of ether oxygens (including phenoxy) is 2. The molecule has 0 radical (unpaired) electrons. The number of nitrogens with zero attached hydrogens (tertiary/aromatic N) is 3. The minimum Gasteiger partial charge on any atom is -0.542 e. The lowest BCUT2D eigenvalue weighted by molar-refractivity contribution is -0.349. The molecule has 1 aromatic carbocycles. The molecule has 188 valence electrons. The van der Waals surface area contributed by atoms with E-state index in [0.29, 0.717) is 60.7 Å². The summed E-state index contributed by atoms with van der Waals surface area (Å²) in [6.45, 7) is 2.40. The van der Waals surface area contributed by atoms with Gasteiger partial charge in [-0.2, -0.15) is 13.2 Å². The van der Waals surface area contributed by atoms with Crippen molar-refractivity contribution in [1.82, 2.24) is 9.88 Å². The van der Waals surface area contributed by atoms with Crippen molar-refractivity contribution >= 4 is 34.5 Å². The normalized spacial score (nSPS) is 13.7. The van der Waals surface area contributed by atoms with Gasteiger partial charge in [0.05, 0.1) is 39.0 Å². The zero-order valence-corrected chi connectivity index (χ0v) is 18.7. The average molecular weight is 497 g/mol. The monoisotopic (exact) mass is 497 g/mol. The summed E-state index contributed by atoms with van der Waals surface area (Å²) < 4.78 is 47.4. The number of hydrogen-bond donors (Lipinski definition) is 1. The van der Waals surface area contributed by atoms with Crippen molar-refractivity contribution in [2.45, 2.75) is 6.18 Å². The van der Waals surface area contributed by atoms with Crippen LogP contribution < -0.4 is 30.2 Å². The molecule has 0 bridgehead atoms. The highest BCUT2D eigenvalue weighted by molar-refractivity contribution is 5.92. The number of benzene rings is 1. The number of rotatable bonds is 4. The third-order valence-corrected chi connectivity index (χ3v) is 5.09. The molecule has 4 rings (SSSR count). The first-order valence-corrected chi connectivity index (χ1v) is 10.2. The van der Waals surface area contributed by atoms with Crippen LogP contribution in [0.4, 0.5) is 24.9 Å². The van der Waals surface area contributed by atoms with Crippen LogP contribution in [0.5, 0.6) is 11.5 Å². The smallest absolute Gasteiger partial charge is 0.430 e. The molecular weight excluding hydrogens is 475 g/mol. The molecule has 3 aromatic rings. The lowest BCUT2D eigenvalue weighted by Crippen LogP contribution is -2.50. The number of halogens is 3. The van der Waals surface area contributed by atoms with Gasteiger partial charge in [0.15, 0.2) is 17.3 Å². The molecule has 2 aromatic heterocycles. The topological polar surface area (TPSA) is 148 Å². The predicted molar refractivity (Wildman–Crippen MR) is 114 cm³/mol. The Morgan fingerprint density at radius 1 is 1.14 bits per heavy atom. The molecule has 1 aliphatic rings. The van der Waals surface area contributed by atoms with Crippen LogP contribution in [0.25, 0.3) is 10.9 Å². The van der Waals surface area contributed by atoms with E-state index in [4.69, 9.17) is 34.5 Å². The van der Waals surface area contributed by atoms with E-state index >= 15 is 0 Å². The highest BCUT2D eigenvalue weighted by Gasteiger charge is 2.29. The van der Waals surface area contributed by atoms with Gasteiger partial charge in [0.2, 0.25) is 5.82 Å². The predicted octanol–water partition coefficient (Wildman–Crippen LogP) is 0.502. The molecule has 3 N–H and O–H groups in total. The SMILES string of the molecule is COc1cc2nc(N3CCN(C(=O)c4ccco4)CC3)[nH+]c(N)c2cc1OC.O=C([O-])C(F)(F)F. The zero-order valence-electron chi connectivity index (χ0n) is 18.7. The minimum absolute atomic E-state index is 0.101. The summed E-state index contributed by atoms with van der Waals surface area (Å²) in [6, 6.07) is 6.99. The number of nitrogens with one attached hydrogen (secondary N) is 1. The molecule has 14 heteroatoms. The van der Waals surface area contributed by atoms with Crippen molar-refractivity contribution in [1.29, 1.82) is 0 Å². The second kappa shape index (κ2) is 10.4. The minimum atomic E-state index is -5.19. The van der Waals surface area contributed by atoms with E-state index in [9.17, 15) is 18.0 Å². The fraction of sp³-hybridized carbons (Fsp3) is 0.333. The number of hydrogen-bond acceptors (Lipinski definition) is 9. The summed E-state index contributed by atoms with van der Waals surface area (Å²) in [5.41, 5.74) is 6.93. The Morgan fingerprint density at radius 3 is 2.26 bits per heavy atom. The Morgan fingerprint density at radius 2 is 1.74 bits per heavy atom. The summed E-state index contributed by atoms with van der Waals surface area (Å²) in [4.78, 5) is 32.9. The van der Waals surface area contributed by atoms with E-state index in [1.165, 1.54) is 6.26 Å². The molecule has 0 aliphatic carbocycles. The fourth-order valence-electron chi connectivity index (χ4n) is 3.33. The van der Waals surface area contributed by atoms with Gasteiger partial charge >= 0.3 is 12.1 Å². The molecule has 3 heterocycles. The van der Waals surface area contributed by atoms with Crippen LogP contribution in [-0.4, -0.2) is 68.3 Å². The highest BCUT2D eigenvalue weighted by atomic mass is 19.4. The molecule has 1 amide bonds. The Kier molecular flexibility index (Phi) is 7.52. The number of carboxylic acid groups (broad SMARTS) is 1. The standard InChI is InChI=1S/C19H21N5O4.C2HF3O2/c1-26-15-10-12-13(11-16(15)27-2)21-19(22-17(12)20)24-7-5-23(6-8-24)18(25)14-4-3-9-28-14;3-2(4,5)1(6)7/h3-4,9-11H,5-8H2,1-2H3,(H2,20,21,22);(H,6,7). The number of fused-ring (bicyclic) bond motifs is 1. The fourth-order valence-corrected chi connectivity index (χ4v) is 3.33. The van der Waals surface area contributed by atoms with Crippen molar-refractivity contribution in [3.8, 4) is 11.5 Å². The van der Waals surface area contributed by atoms with Crippen molar-refractivity contribution in [2.24, 2.45) is 0 Å². The number of piperazine rings is 1. The van der Waals surface area contributed by atoms with Gasteiger partial charge in [0.25, 0.3) is 5.91 Å². The van der Waals surface area contributed by atoms with E-state index in [2.05, 4.69) is 9.88 Å². The van der Waals surface area contributed by atoms with E-state index in [1.54, 1.807) is 43.4 Å². The summed E-state index contributed by atoms with van der Waals surface area (Å²) in [7, 11) is 3.16. The summed E-state index contributed by atoms with van der Waals surface area (Å²) in [5.74, 6) is -0.418. The number of alkyl halides is 3. The van der Waals surface area contributed by atoms with Crippen LogP contribution in [0.1, 0.15) is 10.6 Å². The summed E-state index contributed by atoms with van der Waals surface area (Å²) in [6.07, 6.45) is -3.69. The highest BCUT2D eigenvalue weighted by Crippen LogP contribution is 2.33. The summed E-state index contributed by atoms with van der Waals surface area (Å²) >= 11 is 0. The lowest BCUT2D eigenvalue weighted by atomic mass is 10.2. The molecule has 0 saturated carbocycles. The van der Waals surface area contributed by atoms with Crippen LogP contribution in [0.3, 0.4) is 0 Å². The number of carboxylic acids is 1. The Labute approximate surface area is 196 Å². The Bertz CT molecular complexity index is 1190. The number of anilines is 2. The first-order chi connectivity index (χ1) is 16.5. The van der Waals surface area contributed by atoms with E-state index in [-0.39, 0.29) is 5.91 Å². The van der Waals surface area contributed by atoms with Crippen molar-refractivity contribution in [2.75, 3.05) is 51.0 Å². The van der Waals surface area contributed by atoms with Crippen LogP contribution in [0.2, 0.25) is 0 Å². The average Bonchev–Trinajstić information content (AvgIpc) is 3.37. The van der Waals surface area contributed by atoms with Crippen LogP contribution >= 0.6 is 0 Å². The largest absolute Gasteiger partial charge is 0.542 e. The molecule has 0 atom stereocenters. The van der Waals surface area contributed by atoms with Gasteiger partial charge in [-0.15, -0.1) is 4.98 Å². The lowest BCUT2D eigenvalue weighted by Gasteiger charge is -2.31. The quantitative estimate of drug-likeness (QED) is 0.544. The first-order valence-electron chi connectivity index (χ1n) is 10.2. The third-order valence-electron chi connectivity index (χ3n) is 5.09. The molecule has 11 nitrogen and oxygen atoms in total. The molecule has 1 saturated heterocycles. The molecule has 1 fully saturated rings. The van der Waals surface area contributed by atoms with Gasteiger partial charge in [-0.05, 0) is 12.1 Å². The van der Waals surface area contributed by atoms with E-state index in [0.717, 1.165) is 5.39 Å². The number of methoxy groups -OCH3 is 2. The van der Waals surface area contributed by atoms with Gasteiger partial charge in [-0.25, -0.2) is 4.98 Å². The van der Waals surface area contributed by atoms with Crippen molar-refractivity contribution < 1.29 is 46.7 Å². The molecule has 1 aliphatic heterocycles. The number of carbonyl (C=O) groups excluding carboxylic acids is 2. The van der Waals surface area contributed by atoms with Crippen LogP contribution in [0.15, 0.2) is 34.9 Å². The van der Waals surface area contributed by atoms with Gasteiger partial charge < -0.3 is 34.4 Å². The molecule has 0 spiro atoms. The first kappa shape index (κ1) is 25.4. The van der Waals surface area contributed by atoms with Gasteiger partial charge in [-0.1, -0.05) is 0 Å². The zero-order chi connectivity index (χ0) is 25.8. The second-order valence-corrected chi connectivity index (χ2v) is 7.24. The van der Waals surface area contributed by atoms with Gasteiger partial charge in [0, 0.05) is 25.2 Å². The number of H-pyrrole nitrogens is 1. The molecule has 0 unspecified atom stereocenters. The van der Waals surface area contributed by atoms with Crippen molar-refractivity contribution in [3.05, 3.63) is 36.3 Å². The third kappa shape index (κ3) is 5.83. The maximum absolute atomic E-state index is 12.4. The number of aliphatic carboxylic acids is 1. The Hall–Kier alpha value is -4.23. The second-order valence-electron chi connectivity index (χ2n) is 7.24. The number of furan rings is 1. The van der Waals surface area contributed by atoms with Crippen LogP contribution in [-0.2, 0) is 4.79 Å². The maximum Gasteiger partial charge on any atom is 0.430 e. The Balaban J connectivity index is 0.000000429. The summed E-state index contributed by atoms with van der Waals surface area (Å²) in [5, 5.41) is 9.54. The van der Waals surface area contributed by atoms with E-state index < -0.39 is 12.1 Å². The van der Waals surface area contributed by atoms with Crippen molar-refractivity contribution in [3.63, 3.8) is 0 Å². The number of nitrogen functional groups attached to an aromatic ring is 1. The number of nitrogens with two attached hydrogens (primary N) is 1. The molecule has 35 heavy (non-hydrogen) atoms. The number of aromatic amines is 1. The number of aromatic nitrogens is 2. The van der Waals surface area contributed by atoms with Crippen LogP contribution in [0, 0.1) is 0 Å². The number of amides is 1. The molecular formula is C21H22F3N5O6.